The molecule has 0 fully saturated rings. The summed E-state index contributed by atoms with van der Waals surface area (Å²) in [7, 11) is 0. The van der Waals surface area contributed by atoms with Gasteiger partial charge >= 0.3 is 5.97 Å². The third-order valence-corrected chi connectivity index (χ3v) is 4.48. The molecule has 0 radical (unpaired) electrons. The number of carboxylic acid groups (broad SMARTS) is 1. The van der Waals surface area contributed by atoms with Crippen molar-refractivity contribution in [2.75, 3.05) is 5.32 Å². The first-order valence-corrected chi connectivity index (χ1v) is 9.11. The molecule has 140 valence electrons. The first-order chi connectivity index (χ1) is 12.9. The molecule has 0 saturated carbocycles. The molecule has 5 nitrogen and oxygen atoms in total. The molecule has 1 atom stereocenters. The van der Waals surface area contributed by atoms with Crippen LogP contribution in [0.1, 0.15) is 24.0 Å². The lowest BCUT2D eigenvalue weighted by molar-refractivity contribution is -0.137. The number of anilines is 1. The number of ether oxygens (including phenoxy) is 1. The van der Waals surface area contributed by atoms with Crippen LogP contribution in [-0.2, 0) is 20.7 Å². The quantitative estimate of drug-likeness (QED) is 0.724. The third-order valence-electron chi connectivity index (χ3n) is 4.05. The van der Waals surface area contributed by atoms with E-state index in [2.05, 4.69) is 5.32 Å². The molecule has 2 aromatic carbocycles. The van der Waals surface area contributed by atoms with Crippen molar-refractivity contribution in [3.8, 4) is 0 Å². The SMILES string of the molecule is O=C(O)CCc1cccc(NC(=O)C2CC=C(c3cc(Cl)cc(Cl)c3)O2)c1. The van der Waals surface area contributed by atoms with Crippen molar-refractivity contribution in [1.82, 2.24) is 0 Å². The Labute approximate surface area is 166 Å². The second-order valence-corrected chi connectivity index (χ2v) is 7.02. The fourth-order valence-electron chi connectivity index (χ4n) is 2.78. The first-order valence-electron chi connectivity index (χ1n) is 8.35. The summed E-state index contributed by atoms with van der Waals surface area (Å²) in [6.45, 7) is 0. The number of aryl methyl sites for hydroxylation is 1. The molecule has 2 aromatic rings. The summed E-state index contributed by atoms with van der Waals surface area (Å²) in [6, 6.07) is 12.2. The van der Waals surface area contributed by atoms with Crippen molar-refractivity contribution in [3.05, 3.63) is 69.7 Å². The van der Waals surface area contributed by atoms with Crippen molar-refractivity contribution >= 4 is 46.5 Å². The van der Waals surface area contributed by atoms with Crippen LogP contribution in [0.2, 0.25) is 10.0 Å². The number of carbonyl (C=O) groups excluding carboxylic acids is 1. The second-order valence-electron chi connectivity index (χ2n) is 6.15. The molecule has 0 aromatic heterocycles. The molecule has 27 heavy (non-hydrogen) atoms. The molecule has 0 bridgehead atoms. The molecular formula is C20H17Cl2NO4. The second kappa shape index (κ2) is 8.46. The molecule has 0 spiro atoms. The van der Waals surface area contributed by atoms with E-state index >= 15 is 0 Å². The van der Waals surface area contributed by atoms with Crippen LogP contribution in [0, 0.1) is 0 Å². The van der Waals surface area contributed by atoms with Gasteiger partial charge in [0.15, 0.2) is 6.10 Å². The van der Waals surface area contributed by atoms with E-state index in [9.17, 15) is 9.59 Å². The fourth-order valence-corrected chi connectivity index (χ4v) is 3.31. The minimum absolute atomic E-state index is 0.0403. The van der Waals surface area contributed by atoms with Gasteiger partial charge in [-0.3, -0.25) is 9.59 Å². The minimum Gasteiger partial charge on any atom is -0.481 e. The highest BCUT2D eigenvalue weighted by molar-refractivity contribution is 6.34. The summed E-state index contributed by atoms with van der Waals surface area (Å²) in [5, 5.41) is 12.6. The van der Waals surface area contributed by atoms with E-state index in [1.807, 2.05) is 12.1 Å². The zero-order chi connectivity index (χ0) is 19.4. The van der Waals surface area contributed by atoms with Gasteiger partial charge in [-0.05, 0) is 48.4 Å². The number of halogens is 2. The molecule has 0 saturated heterocycles. The molecule has 1 aliphatic rings. The topological polar surface area (TPSA) is 75.6 Å². The lowest BCUT2D eigenvalue weighted by atomic mass is 10.1. The first kappa shape index (κ1) is 19.3. The van der Waals surface area contributed by atoms with E-state index in [0.29, 0.717) is 34.3 Å². The Morgan fingerprint density at radius 1 is 1.15 bits per heavy atom. The van der Waals surface area contributed by atoms with Crippen LogP contribution < -0.4 is 5.32 Å². The molecule has 1 aliphatic heterocycles. The van der Waals surface area contributed by atoms with Gasteiger partial charge in [-0.2, -0.15) is 0 Å². The van der Waals surface area contributed by atoms with Crippen molar-refractivity contribution in [2.24, 2.45) is 0 Å². The van der Waals surface area contributed by atoms with E-state index in [-0.39, 0.29) is 12.3 Å². The maximum atomic E-state index is 12.5. The van der Waals surface area contributed by atoms with Crippen LogP contribution in [0.3, 0.4) is 0 Å². The van der Waals surface area contributed by atoms with Gasteiger partial charge in [0.25, 0.3) is 5.91 Å². The largest absolute Gasteiger partial charge is 0.481 e. The Bertz CT molecular complexity index is 890. The number of hydrogen-bond acceptors (Lipinski definition) is 3. The zero-order valence-corrected chi connectivity index (χ0v) is 15.8. The van der Waals surface area contributed by atoms with Crippen LogP contribution in [-0.4, -0.2) is 23.1 Å². The van der Waals surface area contributed by atoms with Crippen LogP contribution in [0.15, 0.2) is 48.5 Å². The molecule has 1 heterocycles. The Hall–Kier alpha value is -2.50. The van der Waals surface area contributed by atoms with E-state index in [4.69, 9.17) is 33.0 Å². The van der Waals surface area contributed by atoms with Crippen molar-refractivity contribution in [3.63, 3.8) is 0 Å². The summed E-state index contributed by atoms with van der Waals surface area (Å²) in [4.78, 5) is 23.2. The van der Waals surface area contributed by atoms with Crippen LogP contribution in [0.25, 0.3) is 5.76 Å². The molecule has 2 N–H and O–H groups in total. The number of carboxylic acids is 1. The van der Waals surface area contributed by atoms with Crippen molar-refractivity contribution in [2.45, 2.75) is 25.4 Å². The van der Waals surface area contributed by atoms with Gasteiger partial charge in [-0.1, -0.05) is 35.3 Å². The molecule has 3 rings (SSSR count). The summed E-state index contributed by atoms with van der Waals surface area (Å²) in [5.41, 5.74) is 2.17. The van der Waals surface area contributed by atoms with E-state index in [1.54, 1.807) is 36.4 Å². The molecule has 1 amide bonds. The Kier molecular flexibility index (Phi) is 6.04. The highest BCUT2D eigenvalue weighted by atomic mass is 35.5. The number of nitrogens with one attached hydrogen (secondary N) is 1. The Morgan fingerprint density at radius 3 is 2.59 bits per heavy atom. The predicted molar refractivity (Wildman–Crippen MR) is 105 cm³/mol. The smallest absolute Gasteiger partial charge is 0.303 e. The highest BCUT2D eigenvalue weighted by Gasteiger charge is 2.26. The van der Waals surface area contributed by atoms with Gasteiger partial charge in [0, 0.05) is 34.1 Å². The monoisotopic (exact) mass is 405 g/mol. The standard InChI is InChI=1S/C20H17Cl2NO4/c21-14-9-13(10-15(22)11-14)17-5-6-18(27-17)20(26)23-16-3-1-2-12(8-16)4-7-19(24)25/h1-3,5,8-11,18H,4,6-7H2,(H,23,26)(H,24,25). The molecule has 0 aliphatic carbocycles. The summed E-state index contributed by atoms with van der Waals surface area (Å²) in [5.74, 6) is -0.567. The Balaban J connectivity index is 1.61. The predicted octanol–water partition coefficient (Wildman–Crippen LogP) is 4.78. The fraction of sp³-hybridized carbons (Fsp3) is 0.200. The summed E-state index contributed by atoms with van der Waals surface area (Å²) < 4.78 is 5.75. The normalized spacial score (nSPS) is 15.8. The van der Waals surface area contributed by atoms with Crippen molar-refractivity contribution < 1.29 is 19.4 Å². The van der Waals surface area contributed by atoms with E-state index in [1.165, 1.54) is 0 Å². The maximum absolute atomic E-state index is 12.5. The average Bonchev–Trinajstić information content (AvgIpc) is 3.10. The van der Waals surface area contributed by atoms with Crippen molar-refractivity contribution in [1.29, 1.82) is 0 Å². The Morgan fingerprint density at radius 2 is 1.89 bits per heavy atom. The highest BCUT2D eigenvalue weighted by Crippen LogP contribution is 2.30. The van der Waals surface area contributed by atoms with Crippen LogP contribution in [0.4, 0.5) is 5.69 Å². The van der Waals surface area contributed by atoms with Crippen LogP contribution >= 0.6 is 23.2 Å². The number of aliphatic carboxylic acids is 1. The van der Waals surface area contributed by atoms with E-state index < -0.39 is 12.1 Å². The number of hydrogen-bond donors (Lipinski definition) is 2. The van der Waals surface area contributed by atoms with Gasteiger partial charge in [0.2, 0.25) is 0 Å². The molecular weight excluding hydrogens is 389 g/mol. The number of carbonyl (C=O) groups is 2. The van der Waals surface area contributed by atoms with Gasteiger partial charge in [0.1, 0.15) is 5.76 Å². The number of rotatable bonds is 6. The van der Waals surface area contributed by atoms with E-state index in [0.717, 1.165) is 11.1 Å². The van der Waals surface area contributed by atoms with Gasteiger partial charge in [-0.15, -0.1) is 0 Å². The molecule has 1 unspecified atom stereocenters. The van der Waals surface area contributed by atoms with Crippen LogP contribution in [0.5, 0.6) is 0 Å². The lowest BCUT2D eigenvalue weighted by Crippen LogP contribution is -2.27. The minimum atomic E-state index is -0.858. The molecule has 7 heteroatoms. The van der Waals surface area contributed by atoms with Gasteiger partial charge in [0.05, 0.1) is 0 Å². The number of amides is 1. The average molecular weight is 406 g/mol. The zero-order valence-electron chi connectivity index (χ0n) is 14.2. The summed E-state index contributed by atoms with van der Waals surface area (Å²) >= 11 is 12.0. The maximum Gasteiger partial charge on any atom is 0.303 e. The van der Waals surface area contributed by atoms with Gasteiger partial charge < -0.3 is 15.2 Å². The van der Waals surface area contributed by atoms with Gasteiger partial charge in [-0.25, -0.2) is 0 Å². The third kappa shape index (κ3) is 5.25. The lowest BCUT2D eigenvalue weighted by Gasteiger charge is -2.14. The summed E-state index contributed by atoms with van der Waals surface area (Å²) in [6.07, 6.45) is 2.05. The number of benzene rings is 2.